The first-order valence-corrected chi connectivity index (χ1v) is 5.56. The maximum Gasteiger partial charge on any atom is 0.271 e. The number of aromatic nitrogens is 3. The summed E-state index contributed by atoms with van der Waals surface area (Å²) in [5.41, 5.74) is 1.50. The van der Waals surface area contributed by atoms with Gasteiger partial charge in [-0.2, -0.15) is 0 Å². The van der Waals surface area contributed by atoms with Crippen LogP contribution in [0.1, 0.15) is 24.5 Å². The third-order valence-corrected chi connectivity index (χ3v) is 3.03. The van der Waals surface area contributed by atoms with Gasteiger partial charge in [0.15, 0.2) is 5.15 Å². The Morgan fingerprint density at radius 1 is 1.50 bits per heavy atom. The molecule has 0 atom stereocenters. The third-order valence-electron chi connectivity index (χ3n) is 2.74. The molecule has 0 bridgehead atoms. The molecule has 2 aromatic rings. The number of halogens is 1. The SMILES string of the molecule is O=c1cc(C2CC2)[nH]n1-c1cccnc1Cl. The van der Waals surface area contributed by atoms with Crippen LogP contribution in [-0.4, -0.2) is 14.8 Å². The Bertz CT molecular complexity index is 583. The summed E-state index contributed by atoms with van der Waals surface area (Å²) in [5.74, 6) is 0.518. The molecular formula is C11H10ClN3O. The van der Waals surface area contributed by atoms with E-state index in [0.29, 0.717) is 16.8 Å². The molecule has 1 saturated carbocycles. The quantitative estimate of drug-likeness (QED) is 0.811. The molecule has 1 N–H and O–H groups in total. The molecule has 16 heavy (non-hydrogen) atoms. The van der Waals surface area contributed by atoms with Crippen molar-refractivity contribution in [3.05, 3.63) is 45.6 Å². The van der Waals surface area contributed by atoms with Crippen molar-refractivity contribution in [2.24, 2.45) is 0 Å². The first kappa shape index (κ1) is 9.66. The fourth-order valence-corrected chi connectivity index (χ4v) is 1.94. The molecule has 1 aliphatic carbocycles. The highest BCUT2D eigenvalue weighted by atomic mass is 35.5. The molecule has 0 amide bonds. The first-order valence-electron chi connectivity index (χ1n) is 5.18. The van der Waals surface area contributed by atoms with Crippen molar-refractivity contribution < 1.29 is 0 Å². The van der Waals surface area contributed by atoms with E-state index in [9.17, 15) is 4.79 Å². The molecule has 82 valence electrons. The van der Waals surface area contributed by atoms with Gasteiger partial charge in [-0.05, 0) is 25.0 Å². The van der Waals surface area contributed by atoms with E-state index < -0.39 is 0 Å². The van der Waals surface area contributed by atoms with E-state index in [1.165, 1.54) is 4.68 Å². The van der Waals surface area contributed by atoms with Crippen molar-refractivity contribution in [1.82, 2.24) is 14.8 Å². The highest BCUT2D eigenvalue weighted by molar-refractivity contribution is 6.31. The van der Waals surface area contributed by atoms with E-state index in [0.717, 1.165) is 18.5 Å². The van der Waals surface area contributed by atoms with Crippen molar-refractivity contribution in [3.63, 3.8) is 0 Å². The summed E-state index contributed by atoms with van der Waals surface area (Å²) in [6, 6.07) is 5.16. The monoisotopic (exact) mass is 235 g/mol. The summed E-state index contributed by atoms with van der Waals surface area (Å²) < 4.78 is 1.45. The molecule has 1 aliphatic rings. The molecule has 0 unspecified atom stereocenters. The van der Waals surface area contributed by atoms with Crippen LogP contribution in [0.15, 0.2) is 29.2 Å². The summed E-state index contributed by atoms with van der Waals surface area (Å²) in [4.78, 5) is 15.7. The molecule has 3 rings (SSSR count). The van der Waals surface area contributed by atoms with Crippen LogP contribution in [0.25, 0.3) is 5.69 Å². The van der Waals surface area contributed by atoms with E-state index in [4.69, 9.17) is 11.6 Å². The minimum absolute atomic E-state index is 0.0863. The molecule has 0 spiro atoms. The van der Waals surface area contributed by atoms with E-state index in [1.54, 1.807) is 24.4 Å². The van der Waals surface area contributed by atoms with Crippen LogP contribution < -0.4 is 5.56 Å². The number of hydrogen-bond acceptors (Lipinski definition) is 2. The van der Waals surface area contributed by atoms with Crippen molar-refractivity contribution >= 4 is 11.6 Å². The zero-order valence-electron chi connectivity index (χ0n) is 8.48. The van der Waals surface area contributed by atoms with Crippen LogP contribution in [0.3, 0.4) is 0 Å². The smallest absolute Gasteiger partial charge is 0.271 e. The van der Waals surface area contributed by atoms with E-state index in [2.05, 4.69) is 10.1 Å². The van der Waals surface area contributed by atoms with Crippen LogP contribution in [0, 0.1) is 0 Å². The molecule has 1 fully saturated rings. The van der Waals surface area contributed by atoms with Gasteiger partial charge in [-0.3, -0.25) is 9.89 Å². The molecule has 0 radical (unpaired) electrons. The maximum absolute atomic E-state index is 11.8. The minimum Gasteiger partial charge on any atom is -0.295 e. The van der Waals surface area contributed by atoms with Crippen molar-refractivity contribution in [2.75, 3.05) is 0 Å². The van der Waals surface area contributed by atoms with Crippen molar-refractivity contribution in [1.29, 1.82) is 0 Å². The summed E-state index contributed by atoms with van der Waals surface area (Å²) in [6.07, 6.45) is 3.91. The molecule has 5 heteroatoms. The fourth-order valence-electron chi connectivity index (χ4n) is 1.74. The topological polar surface area (TPSA) is 50.7 Å². The highest BCUT2D eigenvalue weighted by Gasteiger charge is 2.26. The zero-order valence-corrected chi connectivity index (χ0v) is 9.24. The Morgan fingerprint density at radius 3 is 3.00 bits per heavy atom. The Hall–Kier alpha value is -1.55. The summed E-state index contributed by atoms with van der Waals surface area (Å²) in [5, 5.41) is 3.41. The van der Waals surface area contributed by atoms with Gasteiger partial charge in [-0.25, -0.2) is 9.67 Å². The summed E-state index contributed by atoms with van der Waals surface area (Å²) in [6.45, 7) is 0. The molecule has 2 aromatic heterocycles. The number of pyridine rings is 1. The lowest BCUT2D eigenvalue weighted by Gasteiger charge is -2.02. The van der Waals surface area contributed by atoms with Gasteiger partial charge < -0.3 is 0 Å². The summed E-state index contributed by atoms with van der Waals surface area (Å²) in [7, 11) is 0. The van der Waals surface area contributed by atoms with E-state index >= 15 is 0 Å². The standard InChI is InChI=1S/C11H10ClN3O/c12-11-9(2-1-5-13-11)15-10(16)6-8(14-15)7-3-4-7/h1-2,5-7,14H,3-4H2. The van der Waals surface area contributed by atoms with Crippen LogP contribution in [0.2, 0.25) is 5.15 Å². The predicted molar refractivity (Wildman–Crippen MR) is 61.2 cm³/mol. The van der Waals surface area contributed by atoms with Gasteiger partial charge in [0.05, 0.1) is 0 Å². The number of aromatic amines is 1. The van der Waals surface area contributed by atoms with Crippen LogP contribution >= 0.6 is 11.6 Å². The number of hydrogen-bond donors (Lipinski definition) is 1. The second kappa shape index (κ2) is 3.49. The van der Waals surface area contributed by atoms with Crippen LogP contribution in [-0.2, 0) is 0 Å². The van der Waals surface area contributed by atoms with Gasteiger partial charge in [0, 0.05) is 23.9 Å². The lowest BCUT2D eigenvalue weighted by Crippen LogP contribution is -2.14. The Kier molecular flexibility index (Phi) is 2.11. The normalized spacial score (nSPS) is 15.3. The third kappa shape index (κ3) is 1.55. The summed E-state index contributed by atoms with van der Waals surface area (Å²) >= 11 is 5.94. The van der Waals surface area contributed by atoms with Gasteiger partial charge in [0.25, 0.3) is 5.56 Å². The zero-order chi connectivity index (χ0) is 11.1. The van der Waals surface area contributed by atoms with Gasteiger partial charge in [0.2, 0.25) is 0 Å². The number of nitrogens with zero attached hydrogens (tertiary/aromatic N) is 2. The number of H-pyrrole nitrogens is 1. The van der Waals surface area contributed by atoms with Gasteiger partial charge in [0.1, 0.15) is 5.69 Å². The Labute approximate surface area is 96.9 Å². The van der Waals surface area contributed by atoms with E-state index in [-0.39, 0.29) is 5.56 Å². The molecule has 0 aliphatic heterocycles. The molecule has 4 nitrogen and oxygen atoms in total. The van der Waals surface area contributed by atoms with Crippen LogP contribution in [0.5, 0.6) is 0 Å². The largest absolute Gasteiger partial charge is 0.295 e. The predicted octanol–water partition coefficient (Wildman–Crippen LogP) is 2.09. The first-order chi connectivity index (χ1) is 7.75. The van der Waals surface area contributed by atoms with Gasteiger partial charge in [-0.15, -0.1) is 0 Å². The second-order valence-electron chi connectivity index (χ2n) is 3.97. The van der Waals surface area contributed by atoms with Crippen molar-refractivity contribution in [2.45, 2.75) is 18.8 Å². The van der Waals surface area contributed by atoms with Gasteiger partial charge >= 0.3 is 0 Å². The van der Waals surface area contributed by atoms with Crippen LogP contribution in [0.4, 0.5) is 0 Å². The van der Waals surface area contributed by atoms with E-state index in [1.807, 2.05) is 0 Å². The van der Waals surface area contributed by atoms with Crippen molar-refractivity contribution in [3.8, 4) is 5.69 Å². The maximum atomic E-state index is 11.8. The highest BCUT2D eigenvalue weighted by Crippen LogP contribution is 2.38. The molecule has 0 aromatic carbocycles. The second-order valence-corrected chi connectivity index (χ2v) is 4.33. The lowest BCUT2D eigenvalue weighted by atomic mass is 10.3. The minimum atomic E-state index is -0.0863. The average Bonchev–Trinajstić information content (AvgIpc) is 3.04. The molecular weight excluding hydrogens is 226 g/mol. The lowest BCUT2D eigenvalue weighted by molar-refractivity contribution is 0.812. The molecule has 0 saturated heterocycles. The average molecular weight is 236 g/mol. The Balaban J connectivity index is 2.12. The molecule has 2 heterocycles. The fraction of sp³-hybridized carbons (Fsp3) is 0.273. The number of nitrogens with one attached hydrogen (secondary N) is 1. The number of rotatable bonds is 2. The Morgan fingerprint density at radius 2 is 2.31 bits per heavy atom. The van der Waals surface area contributed by atoms with Gasteiger partial charge in [-0.1, -0.05) is 11.6 Å².